The monoisotopic (exact) mass is 594 g/mol. The van der Waals surface area contributed by atoms with E-state index in [9.17, 15) is 19.5 Å². The highest BCUT2D eigenvalue weighted by molar-refractivity contribution is 7.17. The van der Waals surface area contributed by atoms with Crippen molar-refractivity contribution >= 4 is 39.9 Å². The summed E-state index contributed by atoms with van der Waals surface area (Å²) in [5, 5.41) is 11.6. The molecular weight excluding hydrogens is 564 g/mol. The van der Waals surface area contributed by atoms with Crippen molar-refractivity contribution in [2.45, 2.75) is 19.9 Å². The van der Waals surface area contributed by atoms with Gasteiger partial charge in [-0.05, 0) is 55.3 Å². The van der Waals surface area contributed by atoms with E-state index in [0.29, 0.717) is 33.9 Å². The number of ether oxygens (including phenoxy) is 5. The number of hydrogen-bond donors (Lipinski definition) is 1. The molecule has 1 N–H and O–H groups in total. The van der Waals surface area contributed by atoms with Gasteiger partial charge in [0.2, 0.25) is 5.75 Å². The number of Topliss-reactive ketones (excluding diaryl/α,β-unsaturated/α-hetero) is 1. The van der Waals surface area contributed by atoms with E-state index >= 15 is 0 Å². The molecule has 2 aromatic carbocycles. The first kappa shape index (κ1) is 30.1. The third kappa shape index (κ3) is 5.28. The lowest BCUT2D eigenvalue weighted by Gasteiger charge is -2.24. The minimum atomic E-state index is -1.18. The molecule has 1 atom stereocenters. The zero-order valence-electron chi connectivity index (χ0n) is 24.0. The second-order valence-electron chi connectivity index (χ2n) is 9.11. The molecule has 1 saturated heterocycles. The number of aliphatic hydroxyl groups excluding tert-OH is 1. The molecule has 0 radical (unpaired) electrons. The summed E-state index contributed by atoms with van der Waals surface area (Å²) in [5.41, 5.74) is 1.48. The van der Waals surface area contributed by atoms with Crippen LogP contribution in [0.15, 0.2) is 48.6 Å². The number of aryl methyl sites for hydroxylation is 2. The third-order valence-electron chi connectivity index (χ3n) is 6.62. The first-order valence-corrected chi connectivity index (χ1v) is 13.4. The number of anilines is 1. The molecule has 2 heterocycles. The van der Waals surface area contributed by atoms with Crippen LogP contribution in [0.5, 0.6) is 23.0 Å². The number of thiazole rings is 1. The van der Waals surface area contributed by atoms with E-state index in [1.807, 2.05) is 0 Å². The minimum absolute atomic E-state index is 0.0112. The van der Waals surface area contributed by atoms with Crippen LogP contribution in [0.1, 0.15) is 38.1 Å². The van der Waals surface area contributed by atoms with Crippen molar-refractivity contribution in [3.8, 4) is 23.0 Å². The lowest BCUT2D eigenvalue weighted by molar-refractivity contribution is -0.132. The average Bonchev–Trinajstić information content (AvgIpc) is 3.50. The van der Waals surface area contributed by atoms with Crippen LogP contribution in [-0.4, -0.2) is 62.8 Å². The van der Waals surface area contributed by atoms with E-state index in [4.69, 9.17) is 23.7 Å². The second-order valence-corrected chi connectivity index (χ2v) is 10.1. The van der Waals surface area contributed by atoms with Gasteiger partial charge in [-0.15, -0.1) is 0 Å². The Morgan fingerprint density at radius 2 is 1.67 bits per heavy atom. The molecule has 11 nitrogen and oxygen atoms in total. The quantitative estimate of drug-likeness (QED) is 0.115. The van der Waals surface area contributed by atoms with E-state index in [1.54, 1.807) is 44.2 Å². The molecule has 12 heteroatoms. The molecular formula is C30H30N2O9S. The van der Waals surface area contributed by atoms with Gasteiger partial charge >= 0.3 is 11.9 Å². The molecule has 1 aliphatic heterocycles. The molecule has 3 aromatic rings. The van der Waals surface area contributed by atoms with Crippen molar-refractivity contribution in [3.63, 3.8) is 0 Å². The molecule has 1 fully saturated rings. The largest absolute Gasteiger partial charge is 0.507 e. The topological polar surface area (TPSA) is 134 Å². The molecule has 0 spiro atoms. The van der Waals surface area contributed by atoms with Crippen LogP contribution in [0.25, 0.3) is 5.76 Å². The van der Waals surface area contributed by atoms with Crippen LogP contribution >= 0.6 is 11.3 Å². The van der Waals surface area contributed by atoms with Crippen molar-refractivity contribution in [2.75, 3.05) is 39.9 Å². The zero-order chi connectivity index (χ0) is 30.7. The number of aromatic nitrogens is 1. The summed E-state index contributed by atoms with van der Waals surface area (Å²) in [5.74, 6) is -1.52. The highest BCUT2D eigenvalue weighted by Gasteiger charge is 2.49. The first-order valence-electron chi connectivity index (χ1n) is 12.6. The number of aliphatic hydroxyl groups is 1. The number of carbonyl (C=O) groups is 3. The molecule has 42 heavy (non-hydrogen) atoms. The molecule has 220 valence electrons. The molecule has 1 aliphatic rings. The van der Waals surface area contributed by atoms with Gasteiger partial charge in [0.1, 0.15) is 23.0 Å². The van der Waals surface area contributed by atoms with Gasteiger partial charge in [-0.3, -0.25) is 14.5 Å². The second kappa shape index (κ2) is 12.4. The van der Waals surface area contributed by atoms with Gasteiger partial charge in [-0.25, -0.2) is 9.78 Å². The van der Waals surface area contributed by atoms with Gasteiger partial charge < -0.3 is 28.8 Å². The number of carbonyl (C=O) groups excluding carboxylic acids is 3. The van der Waals surface area contributed by atoms with Crippen molar-refractivity contribution in [1.82, 2.24) is 4.98 Å². The van der Waals surface area contributed by atoms with Gasteiger partial charge in [-0.2, -0.15) is 0 Å². The summed E-state index contributed by atoms with van der Waals surface area (Å²) in [6, 6.07) is 6.87. The maximum atomic E-state index is 13.7. The Hall–Kier alpha value is -4.84. The van der Waals surface area contributed by atoms with Crippen LogP contribution in [0.3, 0.4) is 0 Å². The number of amides is 1. The molecule has 4 rings (SSSR count). The Labute approximate surface area is 246 Å². The molecule has 0 bridgehead atoms. The molecule has 0 saturated carbocycles. The third-order valence-corrected chi connectivity index (χ3v) is 7.76. The number of hydrogen-bond acceptors (Lipinski definition) is 11. The maximum Gasteiger partial charge on any atom is 0.350 e. The van der Waals surface area contributed by atoms with Gasteiger partial charge in [-0.1, -0.05) is 24.0 Å². The lowest BCUT2D eigenvalue weighted by Crippen LogP contribution is -2.29. The van der Waals surface area contributed by atoms with Gasteiger partial charge in [0.15, 0.2) is 16.6 Å². The van der Waals surface area contributed by atoms with E-state index in [-0.39, 0.29) is 33.7 Å². The van der Waals surface area contributed by atoms with E-state index < -0.39 is 29.5 Å². The predicted octanol–water partition coefficient (Wildman–Crippen LogP) is 4.76. The number of esters is 1. The average molecular weight is 595 g/mol. The van der Waals surface area contributed by atoms with Crippen molar-refractivity contribution < 1.29 is 43.2 Å². The van der Waals surface area contributed by atoms with Crippen molar-refractivity contribution in [1.29, 1.82) is 0 Å². The van der Waals surface area contributed by atoms with Gasteiger partial charge in [0.05, 0.1) is 45.7 Å². The summed E-state index contributed by atoms with van der Waals surface area (Å²) in [7, 11) is 5.84. The minimum Gasteiger partial charge on any atom is -0.507 e. The van der Waals surface area contributed by atoms with Crippen LogP contribution in [0.2, 0.25) is 0 Å². The van der Waals surface area contributed by atoms with Gasteiger partial charge in [0.25, 0.3) is 5.78 Å². The van der Waals surface area contributed by atoms with Gasteiger partial charge in [0, 0.05) is 5.56 Å². The van der Waals surface area contributed by atoms with E-state index in [1.165, 1.54) is 34.5 Å². The SMILES string of the molecule is C=CCOC(=O)c1sc(N2C(=O)C(=O)/C(=C(/O)c3ccc(OC)c(C)c3)[C@@H]2c2cc(OC)c(OC)c(OC)c2)nc1C. The summed E-state index contributed by atoms with van der Waals surface area (Å²) in [6.45, 7) is 6.91. The highest BCUT2D eigenvalue weighted by Crippen LogP contribution is 2.48. The summed E-state index contributed by atoms with van der Waals surface area (Å²) < 4.78 is 27.0. The molecule has 1 amide bonds. The maximum absolute atomic E-state index is 13.7. The lowest BCUT2D eigenvalue weighted by atomic mass is 9.94. The van der Waals surface area contributed by atoms with Crippen LogP contribution < -0.4 is 23.8 Å². The highest BCUT2D eigenvalue weighted by atomic mass is 32.1. The standard InChI is InChI=1S/C30H30N2O9S/c1-8-11-41-29(36)27-16(3)31-30(42-27)32-23(18-13-20(38-5)26(40-7)21(14-18)39-6)22(25(34)28(32)35)24(33)17-9-10-19(37-4)15(2)12-17/h8-10,12-14,23,33H,1,11H2,2-7H3/b24-22+/t23-/m0/s1. The zero-order valence-corrected chi connectivity index (χ0v) is 24.8. The van der Waals surface area contributed by atoms with Crippen LogP contribution in [0.4, 0.5) is 5.13 Å². The van der Waals surface area contributed by atoms with Crippen LogP contribution in [0, 0.1) is 13.8 Å². The Kier molecular flexibility index (Phi) is 8.86. The summed E-state index contributed by atoms with van der Waals surface area (Å²) >= 11 is 0.889. The number of ketones is 1. The normalized spacial score (nSPS) is 15.9. The number of benzene rings is 2. The first-order chi connectivity index (χ1) is 20.1. The number of rotatable bonds is 10. The van der Waals surface area contributed by atoms with Crippen molar-refractivity contribution in [3.05, 3.63) is 75.8 Å². The fourth-order valence-electron chi connectivity index (χ4n) is 4.66. The Bertz CT molecular complexity index is 1580. The van der Waals surface area contributed by atoms with Crippen molar-refractivity contribution in [2.24, 2.45) is 0 Å². The fraction of sp³-hybridized carbons (Fsp3) is 0.267. The summed E-state index contributed by atoms with van der Waals surface area (Å²) in [6.07, 6.45) is 1.43. The van der Waals surface area contributed by atoms with E-state index in [0.717, 1.165) is 16.2 Å². The number of nitrogens with zero attached hydrogens (tertiary/aromatic N) is 2. The van der Waals surface area contributed by atoms with E-state index in [2.05, 4.69) is 11.6 Å². The Morgan fingerprint density at radius 1 is 1.02 bits per heavy atom. The number of methoxy groups -OCH3 is 4. The Morgan fingerprint density at radius 3 is 2.21 bits per heavy atom. The summed E-state index contributed by atoms with van der Waals surface area (Å²) in [4.78, 5) is 45.7. The fourth-order valence-corrected chi connectivity index (χ4v) is 5.65. The van der Waals surface area contributed by atoms with Crippen LogP contribution in [-0.2, 0) is 14.3 Å². The Balaban J connectivity index is 1.99. The molecule has 1 aromatic heterocycles. The molecule has 0 aliphatic carbocycles. The smallest absolute Gasteiger partial charge is 0.350 e. The molecule has 0 unspecified atom stereocenters. The predicted molar refractivity (Wildman–Crippen MR) is 156 cm³/mol.